The number of rotatable bonds is 11. The highest BCUT2D eigenvalue weighted by Gasteiger charge is 2.36. The standard InChI is InChI=1S/C21H24BF3NO4.C19H16F3N3O2.C4H5BrN2/c1-19(2,28)20(3,4)30-22-16-12-13(18(27)29-5)6-11-17(16)26-15-9-7-14(8-10-15)21(23,24)25;1-25-10-17(23-11-25)15-9-12(18(26)27-2)3-8-16(15)24-14-6-4-13(5-7-14)19(20,21)22;1-7-2-4(5)6-3-7/h6-12,26,28H,1-5H3;3-11,24H,1-2H3;2-3H,1H3. The number of imidazole rings is 2. The van der Waals surface area contributed by atoms with Crippen LogP contribution in [-0.2, 0) is 40.6 Å². The topological polar surface area (TPSA) is 142 Å². The van der Waals surface area contributed by atoms with Gasteiger partial charge in [0.25, 0.3) is 0 Å². The van der Waals surface area contributed by atoms with Gasteiger partial charge >= 0.3 is 31.8 Å². The van der Waals surface area contributed by atoms with E-state index in [1.54, 1.807) is 75.4 Å². The fraction of sp³-hybridized carbons (Fsp3) is 0.273. The van der Waals surface area contributed by atoms with Crippen molar-refractivity contribution in [1.29, 1.82) is 0 Å². The molecule has 20 heteroatoms. The molecule has 0 amide bonds. The van der Waals surface area contributed by atoms with Crippen LogP contribution < -0.4 is 16.1 Å². The summed E-state index contributed by atoms with van der Waals surface area (Å²) in [6.45, 7) is 6.62. The number of benzene rings is 4. The molecule has 339 valence electrons. The van der Waals surface area contributed by atoms with Gasteiger partial charge in [0.15, 0.2) is 0 Å². The number of nitrogens with zero attached hydrogens (tertiary/aromatic N) is 4. The van der Waals surface area contributed by atoms with Crippen LogP contribution in [0.2, 0.25) is 0 Å². The lowest BCUT2D eigenvalue weighted by molar-refractivity contribution is -0.138. The molecular formula is C44H45BBrF6N6O6. The Kier molecular flexibility index (Phi) is 16.6. The molecule has 64 heavy (non-hydrogen) atoms. The highest BCUT2D eigenvalue weighted by atomic mass is 79.9. The Morgan fingerprint density at radius 2 is 1.12 bits per heavy atom. The molecule has 6 rings (SSSR count). The summed E-state index contributed by atoms with van der Waals surface area (Å²) in [5, 5.41) is 16.4. The van der Waals surface area contributed by atoms with Crippen molar-refractivity contribution in [2.75, 3.05) is 24.9 Å². The summed E-state index contributed by atoms with van der Waals surface area (Å²) >= 11 is 3.20. The minimum atomic E-state index is -4.42. The number of carbonyl (C=O) groups excluding carboxylic acids is 2. The number of hydrogen-bond acceptors (Lipinski definition) is 10. The van der Waals surface area contributed by atoms with Crippen molar-refractivity contribution in [3.63, 3.8) is 0 Å². The Labute approximate surface area is 375 Å². The fourth-order valence-electron chi connectivity index (χ4n) is 5.21. The number of carbonyl (C=O) groups is 2. The van der Waals surface area contributed by atoms with Crippen LogP contribution in [0.25, 0.3) is 11.3 Å². The predicted octanol–water partition coefficient (Wildman–Crippen LogP) is 9.86. The highest BCUT2D eigenvalue weighted by molar-refractivity contribution is 9.10. The quantitative estimate of drug-likeness (QED) is 0.0653. The van der Waals surface area contributed by atoms with Crippen LogP contribution in [0.3, 0.4) is 0 Å². The molecule has 3 N–H and O–H groups in total. The van der Waals surface area contributed by atoms with Gasteiger partial charge in [-0.25, -0.2) is 19.6 Å². The number of hydrogen-bond donors (Lipinski definition) is 3. The third kappa shape index (κ3) is 14.2. The van der Waals surface area contributed by atoms with Crippen molar-refractivity contribution < 1.29 is 55.2 Å². The maximum Gasteiger partial charge on any atom is 0.416 e. The number of ether oxygens (including phenoxy) is 2. The van der Waals surface area contributed by atoms with E-state index in [4.69, 9.17) is 14.1 Å². The monoisotopic (exact) mass is 957 g/mol. The molecule has 2 heterocycles. The normalized spacial score (nSPS) is 11.6. The van der Waals surface area contributed by atoms with E-state index in [0.29, 0.717) is 45.0 Å². The Hall–Kier alpha value is -6.12. The van der Waals surface area contributed by atoms with Crippen LogP contribution in [0.4, 0.5) is 49.1 Å². The lowest BCUT2D eigenvalue weighted by Crippen LogP contribution is -2.49. The molecule has 0 aliphatic carbocycles. The van der Waals surface area contributed by atoms with Gasteiger partial charge in [0.2, 0.25) is 0 Å². The number of esters is 2. The van der Waals surface area contributed by atoms with Gasteiger partial charge in [0, 0.05) is 54.8 Å². The SMILES string of the molecule is COC(=O)c1ccc(Nc2ccc(C(F)(F)F)cc2)c(-c2cn(C)cn2)c1.COC(=O)c1ccc(Nc2ccc(C(F)(F)F)cc2)c([B]OC(C)(C)C(C)(C)O)c1.Cn1cnc(Br)c1. The van der Waals surface area contributed by atoms with Crippen molar-refractivity contribution in [2.45, 2.75) is 51.2 Å². The zero-order chi connectivity index (χ0) is 47.6. The highest BCUT2D eigenvalue weighted by Crippen LogP contribution is 2.34. The average molecular weight is 959 g/mol. The molecule has 0 bridgehead atoms. The van der Waals surface area contributed by atoms with E-state index in [2.05, 4.69) is 36.5 Å². The summed E-state index contributed by atoms with van der Waals surface area (Å²) in [5.41, 5.74) is 0.694. The van der Waals surface area contributed by atoms with E-state index >= 15 is 0 Å². The maximum atomic E-state index is 12.8. The molecule has 0 aliphatic rings. The second-order valence-corrected chi connectivity index (χ2v) is 15.8. The summed E-state index contributed by atoms with van der Waals surface area (Å²) in [6, 6.07) is 18.8. The van der Waals surface area contributed by atoms with Gasteiger partial charge in [0.1, 0.15) is 4.60 Å². The number of nitrogens with one attached hydrogen (secondary N) is 2. The fourth-order valence-corrected chi connectivity index (χ4v) is 5.63. The van der Waals surface area contributed by atoms with Crippen LogP contribution in [0, 0.1) is 0 Å². The second kappa shape index (κ2) is 21.0. The molecule has 4 aromatic carbocycles. The number of aliphatic hydroxyl groups is 1. The van der Waals surface area contributed by atoms with E-state index in [1.165, 1.54) is 58.1 Å². The third-order valence-electron chi connectivity index (χ3n) is 9.50. The van der Waals surface area contributed by atoms with Gasteiger partial charge in [0.05, 0.1) is 66.0 Å². The van der Waals surface area contributed by atoms with Gasteiger partial charge < -0.3 is 39.0 Å². The molecule has 0 saturated carbocycles. The molecule has 0 unspecified atom stereocenters. The van der Waals surface area contributed by atoms with Gasteiger partial charge in [-0.1, -0.05) is 0 Å². The average Bonchev–Trinajstić information content (AvgIpc) is 3.85. The second-order valence-electron chi connectivity index (χ2n) is 15.0. The molecule has 2 aromatic heterocycles. The molecule has 1 radical (unpaired) electrons. The van der Waals surface area contributed by atoms with Crippen LogP contribution in [0.15, 0.2) is 115 Å². The molecule has 0 fully saturated rings. The summed E-state index contributed by atoms with van der Waals surface area (Å²) in [4.78, 5) is 31.9. The predicted molar refractivity (Wildman–Crippen MR) is 235 cm³/mol. The van der Waals surface area contributed by atoms with E-state index < -0.39 is 46.6 Å². The zero-order valence-corrected chi connectivity index (χ0v) is 37.5. The van der Waals surface area contributed by atoms with E-state index in [0.717, 1.165) is 28.9 Å². The van der Waals surface area contributed by atoms with E-state index in [-0.39, 0.29) is 5.56 Å². The summed E-state index contributed by atoms with van der Waals surface area (Å²) in [5.74, 6) is -1.04. The molecule has 0 atom stereocenters. The van der Waals surface area contributed by atoms with Crippen molar-refractivity contribution in [2.24, 2.45) is 14.1 Å². The van der Waals surface area contributed by atoms with Crippen LogP contribution >= 0.6 is 15.9 Å². The largest absolute Gasteiger partial charge is 0.465 e. The first-order chi connectivity index (χ1) is 29.8. The lowest BCUT2D eigenvalue weighted by atomic mass is 9.81. The lowest BCUT2D eigenvalue weighted by Gasteiger charge is -2.37. The number of aromatic nitrogens is 4. The molecule has 0 aliphatic heterocycles. The zero-order valence-electron chi connectivity index (χ0n) is 35.9. The van der Waals surface area contributed by atoms with Crippen molar-refractivity contribution in [3.05, 3.63) is 137 Å². The van der Waals surface area contributed by atoms with Crippen LogP contribution in [0.5, 0.6) is 0 Å². The number of alkyl halides is 6. The van der Waals surface area contributed by atoms with E-state index in [1.807, 2.05) is 24.9 Å². The maximum absolute atomic E-state index is 12.8. The minimum absolute atomic E-state index is 0.270. The summed E-state index contributed by atoms with van der Waals surface area (Å²) in [6.07, 6.45) is -1.80. The smallest absolute Gasteiger partial charge is 0.416 e. The third-order valence-corrected chi connectivity index (χ3v) is 9.91. The van der Waals surface area contributed by atoms with Gasteiger partial charge in [-0.3, -0.25) is 0 Å². The summed E-state index contributed by atoms with van der Waals surface area (Å²) < 4.78 is 96.2. The number of methoxy groups -OCH3 is 2. The number of halogens is 7. The van der Waals surface area contributed by atoms with Crippen molar-refractivity contribution in [1.82, 2.24) is 19.1 Å². The first-order valence-corrected chi connectivity index (χ1v) is 19.8. The Balaban J connectivity index is 0.000000244. The Bertz CT molecular complexity index is 2490. The van der Waals surface area contributed by atoms with E-state index in [9.17, 15) is 41.0 Å². The summed E-state index contributed by atoms with van der Waals surface area (Å²) in [7, 11) is 7.67. The number of aryl methyl sites for hydroxylation is 2. The minimum Gasteiger partial charge on any atom is -0.465 e. The Morgan fingerprint density at radius 1 is 0.672 bits per heavy atom. The molecule has 0 spiro atoms. The van der Waals surface area contributed by atoms with Crippen molar-refractivity contribution in [3.8, 4) is 11.3 Å². The molecule has 12 nitrogen and oxygen atoms in total. The van der Waals surface area contributed by atoms with Crippen LogP contribution in [0.1, 0.15) is 59.5 Å². The first-order valence-electron chi connectivity index (χ1n) is 19.0. The van der Waals surface area contributed by atoms with Gasteiger partial charge in [-0.05, 0) is 134 Å². The van der Waals surface area contributed by atoms with Gasteiger partial charge in [-0.2, -0.15) is 26.3 Å². The van der Waals surface area contributed by atoms with Gasteiger partial charge in [-0.15, -0.1) is 0 Å². The molecular weight excluding hydrogens is 913 g/mol. The van der Waals surface area contributed by atoms with Crippen LogP contribution in [-0.4, -0.2) is 69.1 Å². The van der Waals surface area contributed by atoms with Crippen molar-refractivity contribution >= 4 is 63.6 Å². The molecule has 0 saturated heterocycles. The first kappa shape index (κ1) is 50.5. The molecule has 6 aromatic rings. The Morgan fingerprint density at radius 3 is 1.52 bits per heavy atom. The number of anilines is 4.